The Kier molecular flexibility index (Phi) is 6.06. The molecule has 1 aromatic carbocycles. The maximum Gasteiger partial charge on any atom is 0.434 e. The van der Waals surface area contributed by atoms with Crippen LogP contribution in [0.1, 0.15) is 42.8 Å². The first-order valence-corrected chi connectivity index (χ1v) is 12.6. The molecule has 0 bridgehead atoms. The number of nitrogens with one attached hydrogen (secondary N) is 2. The predicted octanol–water partition coefficient (Wildman–Crippen LogP) is 4.38. The van der Waals surface area contributed by atoms with Crippen molar-refractivity contribution in [2.24, 2.45) is 0 Å². The number of fused-ring (bicyclic) bond motifs is 1. The Labute approximate surface area is 220 Å². The molecule has 6 rings (SSSR count). The lowest BCUT2D eigenvalue weighted by Gasteiger charge is -2.29. The van der Waals surface area contributed by atoms with E-state index in [2.05, 4.69) is 25.3 Å². The number of hydrogen-bond acceptors (Lipinski definition) is 6. The first-order chi connectivity index (χ1) is 18.7. The molecule has 39 heavy (non-hydrogen) atoms. The minimum Gasteiger partial charge on any atom is -0.325 e. The molecule has 12 heteroatoms. The van der Waals surface area contributed by atoms with Gasteiger partial charge >= 0.3 is 11.9 Å². The molecule has 5 heterocycles. The lowest BCUT2D eigenvalue weighted by molar-refractivity contribution is -0.140. The van der Waals surface area contributed by atoms with E-state index in [9.17, 15) is 18.0 Å². The minimum atomic E-state index is -4.53. The van der Waals surface area contributed by atoms with Crippen molar-refractivity contribution >= 4 is 11.2 Å². The second-order valence-corrected chi connectivity index (χ2v) is 9.90. The molecule has 2 N–H and O–H groups in total. The van der Waals surface area contributed by atoms with Gasteiger partial charge in [0.25, 0.3) is 0 Å². The fourth-order valence-corrected chi connectivity index (χ4v) is 4.72. The molecule has 0 radical (unpaired) electrons. The van der Waals surface area contributed by atoms with E-state index in [0.29, 0.717) is 35.6 Å². The van der Waals surface area contributed by atoms with Crippen molar-refractivity contribution in [3.05, 3.63) is 82.4 Å². The fraction of sp³-hybridized carbons (Fsp3) is 0.296. The number of hydrogen-bond donors (Lipinski definition) is 2. The second kappa shape index (κ2) is 9.45. The molecule has 0 spiro atoms. The van der Waals surface area contributed by atoms with Gasteiger partial charge < -0.3 is 14.9 Å². The number of alkyl halides is 3. The third-order valence-corrected chi connectivity index (χ3v) is 6.87. The van der Waals surface area contributed by atoms with E-state index in [1.807, 2.05) is 26.0 Å². The number of pyridine rings is 1. The predicted molar refractivity (Wildman–Crippen MR) is 139 cm³/mol. The second-order valence-electron chi connectivity index (χ2n) is 9.90. The smallest absolute Gasteiger partial charge is 0.325 e. The zero-order valence-electron chi connectivity index (χ0n) is 21.2. The standard InChI is InChI=1S/C27H25F3N8O/c1-15(2)22-19(4-3-9-32-22)23-33-12-20-25(36-23)38(26(39)34-20)13-16-5-7-17(8-6-16)24-35-21(27(28,29)30)14-37(24)18-10-31-11-18/h3-9,12,14-15,18,31H,10-11,13H2,1-2H3,(H,34,39). The first kappa shape index (κ1) is 25.0. The van der Waals surface area contributed by atoms with Crippen LogP contribution in [0, 0.1) is 0 Å². The quantitative estimate of drug-likeness (QED) is 0.335. The Bertz CT molecular complexity index is 1710. The molecule has 4 aromatic heterocycles. The van der Waals surface area contributed by atoms with Crippen molar-refractivity contribution in [1.82, 2.24) is 39.4 Å². The summed E-state index contributed by atoms with van der Waals surface area (Å²) in [5.41, 5.74) is 2.72. The molecular weight excluding hydrogens is 509 g/mol. The van der Waals surface area contributed by atoms with Crippen molar-refractivity contribution in [1.29, 1.82) is 0 Å². The molecule has 1 saturated heterocycles. The average Bonchev–Trinajstić information content (AvgIpc) is 3.45. The van der Waals surface area contributed by atoms with Crippen LogP contribution in [-0.4, -0.2) is 47.1 Å². The Morgan fingerprint density at radius 1 is 1.08 bits per heavy atom. The highest BCUT2D eigenvalue weighted by molar-refractivity contribution is 5.73. The fourth-order valence-electron chi connectivity index (χ4n) is 4.72. The molecule has 0 atom stereocenters. The molecule has 1 aliphatic heterocycles. The lowest BCUT2D eigenvalue weighted by Crippen LogP contribution is -2.43. The van der Waals surface area contributed by atoms with E-state index in [1.165, 1.54) is 4.57 Å². The largest absolute Gasteiger partial charge is 0.434 e. The molecule has 1 aliphatic rings. The molecule has 9 nitrogen and oxygen atoms in total. The summed E-state index contributed by atoms with van der Waals surface area (Å²) in [6, 6.07) is 10.7. The number of halogens is 3. The summed E-state index contributed by atoms with van der Waals surface area (Å²) in [4.78, 5) is 33.1. The summed E-state index contributed by atoms with van der Waals surface area (Å²) < 4.78 is 43.2. The van der Waals surface area contributed by atoms with Crippen LogP contribution in [0.15, 0.2) is 59.8 Å². The van der Waals surface area contributed by atoms with Gasteiger partial charge in [0.1, 0.15) is 11.3 Å². The summed E-state index contributed by atoms with van der Waals surface area (Å²) in [5.74, 6) is 0.899. The Balaban J connectivity index is 1.33. The van der Waals surface area contributed by atoms with Crippen LogP contribution in [0.4, 0.5) is 13.2 Å². The minimum absolute atomic E-state index is 0.0852. The highest BCUT2D eigenvalue weighted by atomic mass is 19.4. The zero-order valence-corrected chi connectivity index (χ0v) is 21.2. The van der Waals surface area contributed by atoms with Crippen molar-refractivity contribution in [2.75, 3.05) is 13.1 Å². The van der Waals surface area contributed by atoms with E-state index in [4.69, 9.17) is 4.98 Å². The van der Waals surface area contributed by atoms with Gasteiger partial charge in [-0.2, -0.15) is 13.2 Å². The van der Waals surface area contributed by atoms with Gasteiger partial charge in [-0.05, 0) is 23.6 Å². The maximum absolute atomic E-state index is 13.4. The van der Waals surface area contributed by atoms with Crippen molar-refractivity contribution in [3.63, 3.8) is 0 Å². The number of aromatic nitrogens is 7. The number of aromatic amines is 1. The first-order valence-electron chi connectivity index (χ1n) is 12.6. The summed E-state index contributed by atoms with van der Waals surface area (Å²) >= 11 is 0. The van der Waals surface area contributed by atoms with Gasteiger partial charge in [-0.25, -0.2) is 19.7 Å². The highest BCUT2D eigenvalue weighted by Crippen LogP contribution is 2.33. The Morgan fingerprint density at radius 3 is 2.51 bits per heavy atom. The van der Waals surface area contributed by atoms with Crippen molar-refractivity contribution in [3.8, 4) is 22.8 Å². The third kappa shape index (κ3) is 4.60. The normalized spacial score (nSPS) is 14.3. The SMILES string of the molecule is CC(C)c1ncccc1-c1ncc2[nH]c(=O)n(Cc3ccc(-c4nc(C(F)(F)F)cn4C4CNC4)cc3)c2n1. The molecule has 0 saturated carbocycles. The molecule has 5 aromatic rings. The summed E-state index contributed by atoms with van der Waals surface area (Å²) in [7, 11) is 0. The van der Waals surface area contributed by atoms with Crippen LogP contribution in [0.2, 0.25) is 0 Å². The van der Waals surface area contributed by atoms with Crippen molar-refractivity contribution in [2.45, 2.75) is 38.5 Å². The number of benzene rings is 1. The Hall–Kier alpha value is -4.32. The van der Waals surface area contributed by atoms with Gasteiger partial charge in [0.2, 0.25) is 0 Å². The van der Waals surface area contributed by atoms with Gasteiger partial charge in [-0.3, -0.25) is 9.55 Å². The number of nitrogens with zero attached hydrogens (tertiary/aromatic N) is 6. The van der Waals surface area contributed by atoms with E-state index in [1.54, 1.807) is 41.2 Å². The molecule has 0 amide bonds. The van der Waals surface area contributed by atoms with E-state index < -0.39 is 11.9 Å². The molecule has 0 aliphatic carbocycles. The van der Waals surface area contributed by atoms with Crippen LogP contribution in [-0.2, 0) is 12.7 Å². The summed E-state index contributed by atoms with van der Waals surface area (Å²) in [6.45, 7) is 5.47. The Morgan fingerprint density at radius 2 is 1.85 bits per heavy atom. The number of imidazole rings is 2. The van der Waals surface area contributed by atoms with Crippen LogP contribution in [0.5, 0.6) is 0 Å². The van der Waals surface area contributed by atoms with Crippen LogP contribution in [0.25, 0.3) is 33.9 Å². The third-order valence-electron chi connectivity index (χ3n) is 6.87. The van der Waals surface area contributed by atoms with Gasteiger partial charge in [0, 0.05) is 36.6 Å². The average molecular weight is 535 g/mol. The van der Waals surface area contributed by atoms with Gasteiger partial charge in [-0.1, -0.05) is 38.1 Å². The van der Waals surface area contributed by atoms with Crippen LogP contribution >= 0.6 is 0 Å². The topological polar surface area (TPSA) is 106 Å². The van der Waals surface area contributed by atoms with Crippen LogP contribution in [0.3, 0.4) is 0 Å². The molecular formula is C27H25F3N8O. The maximum atomic E-state index is 13.4. The van der Waals surface area contributed by atoms with E-state index in [0.717, 1.165) is 23.0 Å². The molecule has 0 unspecified atom stereocenters. The summed E-state index contributed by atoms with van der Waals surface area (Å²) in [6.07, 6.45) is -0.138. The van der Waals surface area contributed by atoms with Gasteiger partial charge in [0.15, 0.2) is 17.2 Å². The summed E-state index contributed by atoms with van der Waals surface area (Å²) in [5, 5.41) is 3.08. The van der Waals surface area contributed by atoms with Gasteiger partial charge in [-0.15, -0.1) is 0 Å². The van der Waals surface area contributed by atoms with Crippen LogP contribution < -0.4 is 11.0 Å². The van der Waals surface area contributed by atoms with E-state index in [-0.39, 0.29) is 30.0 Å². The molecule has 200 valence electrons. The zero-order chi connectivity index (χ0) is 27.3. The van der Waals surface area contributed by atoms with E-state index >= 15 is 0 Å². The number of H-pyrrole nitrogens is 1. The van der Waals surface area contributed by atoms with Crippen molar-refractivity contribution < 1.29 is 13.2 Å². The van der Waals surface area contributed by atoms with Gasteiger partial charge in [0.05, 0.1) is 24.5 Å². The molecule has 1 fully saturated rings. The highest BCUT2D eigenvalue weighted by Gasteiger charge is 2.36. The lowest BCUT2D eigenvalue weighted by atomic mass is 10.0. The number of rotatable bonds is 6. The monoisotopic (exact) mass is 534 g/mol.